The number of rotatable bonds is 5. The molecule has 0 aromatic carbocycles. The van der Waals surface area contributed by atoms with Crippen molar-refractivity contribution in [1.82, 2.24) is 4.90 Å². The van der Waals surface area contributed by atoms with Gasteiger partial charge >= 0.3 is 6.18 Å². The van der Waals surface area contributed by atoms with Crippen LogP contribution in [-0.4, -0.2) is 48.6 Å². The van der Waals surface area contributed by atoms with Crippen molar-refractivity contribution in [2.24, 2.45) is 5.73 Å². The Morgan fingerprint density at radius 2 is 2.00 bits per heavy atom. The lowest BCUT2D eigenvalue weighted by Gasteiger charge is -2.22. The molecule has 98 valence electrons. The molecule has 0 aromatic rings. The molecule has 3 nitrogen and oxygen atoms in total. The van der Waals surface area contributed by atoms with Crippen LogP contribution >= 0.6 is 24.2 Å². The Bertz CT molecular complexity index is 216. The van der Waals surface area contributed by atoms with Gasteiger partial charge in [0, 0.05) is 7.05 Å². The van der Waals surface area contributed by atoms with Crippen LogP contribution in [0, 0.1) is 0 Å². The first kappa shape index (κ1) is 18.2. The van der Waals surface area contributed by atoms with E-state index in [1.807, 2.05) is 6.26 Å². The van der Waals surface area contributed by atoms with Crippen LogP contribution in [-0.2, 0) is 4.79 Å². The number of hydrogen-bond acceptors (Lipinski definition) is 3. The van der Waals surface area contributed by atoms with Crippen molar-refractivity contribution in [2.75, 3.05) is 25.6 Å². The predicted octanol–water partition coefficient (Wildman–Crippen LogP) is 1.51. The van der Waals surface area contributed by atoms with Crippen molar-refractivity contribution in [1.29, 1.82) is 0 Å². The summed E-state index contributed by atoms with van der Waals surface area (Å²) in [6, 6.07) is -0.843. The maximum atomic E-state index is 11.9. The van der Waals surface area contributed by atoms with Crippen LogP contribution in [0.4, 0.5) is 13.2 Å². The Balaban J connectivity index is 0. The second-order valence-electron chi connectivity index (χ2n) is 3.20. The van der Waals surface area contributed by atoms with Crippen molar-refractivity contribution in [3.8, 4) is 0 Å². The third-order valence-corrected chi connectivity index (χ3v) is 2.39. The molecule has 0 radical (unpaired) electrons. The Kier molecular flexibility index (Phi) is 9.14. The molecule has 0 fully saturated rings. The Labute approximate surface area is 103 Å². The van der Waals surface area contributed by atoms with E-state index in [2.05, 4.69) is 0 Å². The number of nitrogens with zero attached hydrogens (tertiary/aromatic N) is 1. The number of amides is 1. The minimum atomic E-state index is -4.37. The summed E-state index contributed by atoms with van der Waals surface area (Å²) in [6.07, 6.45) is -2.14. The molecule has 8 heteroatoms. The van der Waals surface area contributed by atoms with Gasteiger partial charge in [-0.3, -0.25) is 4.79 Å². The van der Waals surface area contributed by atoms with Gasteiger partial charge < -0.3 is 10.6 Å². The Morgan fingerprint density at radius 3 is 2.38 bits per heavy atom. The zero-order valence-electron chi connectivity index (χ0n) is 9.08. The highest BCUT2D eigenvalue weighted by molar-refractivity contribution is 7.98. The van der Waals surface area contributed by atoms with Crippen LogP contribution < -0.4 is 5.73 Å². The van der Waals surface area contributed by atoms with Gasteiger partial charge in [-0.1, -0.05) is 0 Å². The Hall–Kier alpha value is -0.140. The van der Waals surface area contributed by atoms with Crippen molar-refractivity contribution < 1.29 is 18.0 Å². The number of alkyl halides is 3. The average molecular weight is 281 g/mol. The molecule has 0 bridgehead atoms. The first-order valence-corrected chi connectivity index (χ1v) is 5.73. The molecule has 2 N–H and O–H groups in total. The summed E-state index contributed by atoms with van der Waals surface area (Å²) < 4.78 is 35.8. The minimum absolute atomic E-state index is 0. The standard InChI is InChI=1S/C8H15F3N2OS.ClH/c1-13(5-8(9,10)11)7(14)6(12)3-4-15-2;/h6H,3-5,12H2,1-2H3;1H/t6-;/m0./s1. The molecule has 0 aliphatic heterocycles. The van der Waals surface area contributed by atoms with Crippen LogP contribution in [0.3, 0.4) is 0 Å². The van der Waals surface area contributed by atoms with Crippen LogP contribution in [0.2, 0.25) is 0 Å². The molecular formula is C8H16ClF3N2OS. The molecule has 0 aliphatic carbocycles. The number of hydrogen-bond donors (Lipinski definition) is 1. The van der Waals surface area contributed by atoms with Gasteiger partial charge in [0.2, 0.25) is 5.91 Å². The van der Waals surface area contributed by atoms with Crippen molar-refractivity contribution in [2.45, 2.75) is 18.6 Å². The maximum Gasteiger partial charge on any atom is 0.406 e. The first-order valence-electron chi connectivity index (χ1n) is 4.34. The second kappa shape index (κ2) is 8.03. The topological polar surface area (TPSA) is 46.3 Å². The van der Waals surface area contributed by atoms with Gasteiger partial charge in [-0.2, -0.15) is 24.9 Å². The number of likely N-dealkylation sites (N-methyl/N-ethyl adjacent to an activating group) is 1. The Morgan fingerprint density at radius 1 is 1.50 bits per heavy atom. The van der Waals surface area contributed by atoms with Crippen molar-refractivity contribution in [3.63, 3.8) is 0 Å². The van der Waals surface area contributed by atoms with Gasteiger partial charge in [0.1, 0.15) is 6.54 Å². The second-order valence-corrected chi connectivity index (χ2v) is 4.18. The van der Waals surface area contributed by atoms with Crippen molar-refractivity contribution in [3.05, 3.63) is 0 Å². The molecule has 0 heterocycles. The lowest BCUT2D eigenvalue weighted by atomic mass is 10.2. The quantitative estimate of drug-likeness (QED) is 0.830. The summed E-state index contributed by atoms with van der Waals surface area (Å²) in [7, 11) is 1.11. The summed E-state index contributed by atoms with van der Waals surface area (Å²) in [5.74, 6) is -0.00590. The van der Waals surface area contributed by atoms with E-state index in [4.69, 9.17) is 5.73 Å². The van der Waals surface area contributed by atoms with E-state index in [0.717, 1.165) is 7.05 Å². The summed E-state index contributed by atoms with van der Waals surface area (Å²) in [6.45, 7) is -1.25. The summed E-state index contributed by atoms with van der Waals surface area (Å²) in [5.41, 5.74) is 5.45. The third kappa shape index (κ3) is 8.06. The molecule has 16 heavy (non-hydrogen) atoms. The van der Waals surface area contributed by atoms with E-state index in [-0.39, 0.29) is 12.4 Å². The van der Waals surface area contributed by atoms with E-state index >= 15 is 0 Å². The van der Waals surface area contributed by atoms with E-state index in [0.29, 0.717) is 17.1 Å². The summed E-state index contributed by atoms with van der Waals surface area (Å²) in [4.78, 5) is 11.9. The highest BCUT2D eigenvalue weighted by Gasteiger charge is 2.32. The fourth-order valence-electron chi connectivity index (χ4n) is 0.998. The SMILES string of the molecule is CSCC[C@H](N)C(=O)N(C)CC(F)(F)F.Cl. The molecular weight excluding hydrogens is 265 g/mol. The molecule has 0 unspecified atom stereocenters. The van der Waals surface area contributed by atoms with Crippen LogP contribution in [0.25, 0.3) is 0 Å². The molecule has 0 aliphatic rings. The lowest BCUT2D eigenvalue weighted by molar-refractivity contribution is -0.159. The van der Waals surface area contributed by atoms with Crippen LogP contribution in [0.1, 0.15) is 6.42 Å². The largest absolute Gasteiger partial charge is 0.406 e. The fourth-order valence-corrected chi connectivity index (χ4v) is 1.49. The molecule has 0 rings (SSSR count). The maximum absolute atomic E-state index is 11.9. The number of halogens is 4. The number of carbonyl (C=O) groups is 1. The normalized spacial score (nSPS) is 12.9. The highest BCUT2D eigenvalue weighted by Crippen LogP contribution is 2.16. The van der Waals surface area contributed by atoms with E-state index in [1.54, 1.807) is 0 Å². The van der Waals surface area contributed by atoms with Gasteiger partial charge in [0.25, 0.3) is 0 Å². The van der Waals surface area contributed by atoms with Gasteiger partial charge in [0.05, 0.1) is 6.04 Å². The first-order chi connectivity index (χ1) is 6.78. The smallest absolute Gasteiger partial charge is 0.335 e. The van der Waals surface area contributed by atoms with Crippen LogP contribution in [0.5, 0.6) is 0 Å². The summed E-state index contributed by atoms with van der Waals surface area (Å²) >= 11 is 1.50. The molecule has 0 aromatic heterocycles. The minimum Gasteiger partial charge on any atom is -0.335 e. The average Bonchev–Trinajstić information content (AvgIpc) is 2.10. The highest BCUT2D eigenvalue weighted by atomic mass is 35.5. The number of thioether (sulfide) groups is 1. The molecule has 0 saturated carbocycles. The van der Waals surface area contributed by atoms with Gasteiger partial charge in [-0.15, -0.1) is 12.4 Å². The molecule has 0 saturated heterocycles. The zero-order chi connectivity index (χ0) is 12.1. The van der Waals surface area contributed by atoms with Gasteiger partial charge in [-0.25, -0.2) is 0 Å². The third-order valence-electron chi connectivity index (χ3n) is 1.74. The number of nitrogens with two attached hydrogens (primary N) is 1. The van der Waals surface area contributed by atoms with E-state index in [1.165, 1.54) is 11.8 Å². The fraction of sp³-hybridized carbons (Fsp3) is 0.875. The summed E-state index contributed by atoms with van der Waals surface area (Å²) in [5, 5.41) is 0. The van der Waals surface area contributed by atoms with Gasteiger partial charge in [0.15, 0.2) is 0 Å². The van der Waals surface area contributed by atoms with Crippen LogP contribution in [0.15, 0.2) is 0 Å². The van der Waals surface area contributed by atoms with E-state index < -0.39 is 24.7 Å². The van der Waals surface area contributed by atoms with E-state index in [9.17, 15) is 18.0 Å². The van der Waals surface area contributed by atoms with Gasteiger partial charge in [-0.05, 0) is 18.4 Å². The molecule has 0 spiro atoms. The number of carbonyl (C=O) groups excluding carboxylic acids is 1. The molecule has 1 atom stereocenters. The van der Waals surface area contributed by atoms with Crippen molar-refractivity contribution >= 4 is 30.1 Å². The molecule has 1 amide bonds. The monoisotopic (exact) mass is 280 g/mol. The predicted molar refractivity (Wildman–Crippen MR) is 61.9 cm³/mol. The zero-order valence-corrected chi connectivity index (χ0v) is 10.7. The lowest BCUT2D eigenvalue weighted by Crippen LogP contribution is -2.45.